The number of nitrogen functional groups attached to an aromatic ring is 1. The Morgan fingerprint density at radius 1 is 1.00 bits per heavy atom. The monoisotopic (exact) mass is 265 g/mol. The van der Waals surface area contributed by atoms with Crippen molar-refractivity contribution < 1.29 is 4.84 Å². The van der Waals surface area contributed by atoms with E-state index in [1.54, 1.807) is 6.20 Å². The molecule has 4 nitrogen and oxygen atoms in total. The number of rotatable bonds is 4. The highest BCUT2D eigenvalue weighted by Crippen LogP contribution is 2.24. The second-order valence-electron chi connectivity index (χ2n) is 4.48. The van der Waals surface area contributed by atoms with Crippen LogP contribution in [0.3, 0.4) is 0 Å². The van der Waals surface area contributed by atoms with Crippen LogP contribution in [0.25, 0.3) is 11.1 Å². The number of hydrogen-bond acceptors (Lipinski definition) is 3. The molecule has 0 unspecified atom stereocenters. The van der Waals surface area contributed by atoms with E-state index < -0.39 is 0 Å². The van der Waals surface area contributed by atoms with E-state index in [1.807, 2.05) is 60.8 Å². The lowest BCUT2D eigenvalue weighted by atomic mass is 10.1. The van der Waals surface area contributed by atoms with Gasteiger partial charge in [0, 0.05) is 16.8 Å². The van der Waals surface area contributed by atoms with Crippen LogP contribution in [0.5, 0.6) is 0 Å². The fourth-order valence-electron chi connectivity index (χ4n) is 1.99. The summed E-state index contributed by atoms with van der Waals surface area (Å²) in [5.41, 5.74) is 9.68. The third-order valence-electron chi connectivity index (χ3n) is 3.04. The van der Waals surface area contributed by atoms with Gasteiger partial charge in [0.25, 0.3) is 0 Å². The van der Waals surface area contributed by atoms with Crippen molar-refractivity contribution in [3.63, 3.8) is 0 Å². The van der Waals surface area contributed by atoms with Gasteiger partial charge in [-0.2, -0.15) is 0 Å². The lowest BCUT2D eigenvalue weighted by molar-refractivity contribution is 0.0701. The summed E-state index contributed by atoms with van der Waals surface area (Å²) < 4.78 is 0. The number of para-hydroxylation sites is 1. The fraction of sp³-hybridized carbons (Fsp3) is 0.0625. The minimum atomic E-state index is 0.478. The van der Waals surface area contributed by atoms with E-state index in [-0.39, 0.29) is 0 Å². The van der Waals surface area contributed by atoms with Crippen molar-refractivity contribution >= 4 is 5.69 Å². The standard InChI is InChI=1S/C16H15N3O/c17-16-9-5-4-8-15(16)14-10-18-19(11-14)20-12-13-6-2-1-3-7-13/h1-11H,12,17H2. The van der Waals surface area contributed by atoms with Crippen LogP contribution in [0.1, 0.15) is 5.56 Å². The van der Waals surface area contributed by atoms with E-state index in [0.29, 0.717) is 6.61 Å². The number of aromatic nitrogens is 2. The summed E-state index contributed by atoms with van der Waals surface area (Å²) in [5, 5.41) is 4.19. The Balaban J connectivity index is 1.73. The zero-order chi connectivity index (χ0) is 13.8. The molecule has 4 heteroatoms. The maximum Gasteiger partial charge on any atom is 0.142 e. The maximum absolute atomic E-state index is 5.95. The quantitative estimate of drug-likeness (QED) is 0.738. The zero-order valence-electron chi connectivity index (χ0n) is 10.9. The van der Waals surface area contributed by atoms with E-state index >= 15 is 0 Å². The predicted molar refractivity (Wildman–Crippen MR) is 78.8 cm³/mol. The maximum atomic E-state index is 5.95. The molecule has 0 fully saturated rings. The smallest absolute Gasteiger partial charge is 0.142 e. The molecule has 0 aliphatic heterocycles. The molecule has 0 aliphatic rings. The zero-order valence-corrected chi connectivity index (χ0v) is 10.9. The van der Waals surface area contributed by atoms with Crippen molar-refractivity contribution in [2.24, 2.45) is 0 Å². The van der Waals surface area contributed by atoms with Crippen LogP contribution >= 0.6 is 0 Å². The van der Waals surface area contributed by atoms with Crippen molar-refractivity contribution in [1.82, 2.24) is 9.94 Å². The molecule has 20 heavy (non-hydrogen) atoms. The van der Waals surface area contributed by atoms with Gasteiger partial charge in [0.1, 0.15) is 6.61 Å². The molecule has 3 aromatic rings. The molecular weight excluding hydrogens is 250 g/mol. The normalized spacial score (nSPS) is 10.4. The van der Waals surface area contributed by atoms with Gasteiger partial charge in [0.05, 0.1) is 12.4 Å². The van der Waals surface area contributed by atoms with E-state index in [1.165, 1.54) is 4.85 Å². The molecule has 0 bridgehead atoms. The van der Waals surface area contributed by atoms with Gasteiger partial charge in [0.15, 0.2) is 0 Å². The van der Waals surface area contributed by atoms with Gasteiger partial charge in [-0.25, -0.2) is 0 Å². The Bertz CT molecular complexity index is 692. The largest absolute Gasteiger partial charge is 0.398 e. The Labute approximate surface area is 117 Å². The van der Waals surface area contributed by atoms with Crippen molar-refractivity contribution in [1.29, 1.82) is 0 Å². The van der Waals surface area contributed by atoms with Gasteiger partial charge >= 0.3 is 0 Å². The molecule has 3 rings (SSSR count). The number of nitrogens with zero attached hydrogens (tertiary/aromatic N) is 2. The van der Waals surface area contributed by atoms with E-state index in [2.05, 4.69) is 5.10 Å². The van der Waals surface area contributed by atoms with Crippen molar-refractivity contribution in [2.45, 2.75) is 6.61 Å². The van der Waals surface area contributed by atoms with Gasteiger partial charge in [-0.1, -0.05) is 48.5 Å². The number of benzene rings is 2. The Morgan fingerprint density at radius 3 is 2.55 bits per heavy atom. The lowest BCUT2D eigenvalue weighted by Gasteiger charge is -2.04. The fourth-order valence-corrected chi connectivity index (χ4v) is 1.99. The van der Waals surface area contributed by atoms with Gasteiger partial charge in [0.2, 0.25) is 0 Å². The molecule has 1 aromatic heterocycles. The third-order valence-corrected chi connectivity index (χ3v) is 3.04. The molecule has 0 saturated heterocycles. The van der Waals surface area contributed by atoms with E-state index in [4.69, 9.17) is 10.6 Å². The highest BCUT2D eigenvalue weighted by atomic mass is 16.7. The highest BCUT2D eigenvalue weighted by molar-refractivity contribution is 5.75. The molecule has 100 valence electrons. The molecule has 0 amide bonds. The molecular formula is C16H15N3O. The topological polar surface area (TPSA) is 53.1 Å². The molecule has 2 aromatic carbocycles. The first-order valence-electron chi connectivity index (χ1n) is 6.40. The van der Waals surface area contributed by atoms with E-state index in [9.17, 15) is 0 Å². The van der Waals surface area contributed by atoms with Crippen LogP contribution in [0.4, 0.5) is 5.69 Å². The first-order valence-corrected chi connectivity index (χ1v) is 6.40. The summed E-state index contributed by atoms with van der Waals surface area (Å²) in [6.07, 6.45) is 3.57. The van der Waals surface area contributed by atoms with Crippen LogP contribution in [-0.2, 0) is 6.61 Å². The van der Waals surface area contributed by atoms with Crippen molar-refractivity contribution in [3.05, 3.63) is 72.6 Å². The SMILES string of the molecule is Nc1ccccc1-c1cnn(OCc2ccccc2)c1. The summed E-state index contributed by atoms with van der Waals surface area (Å²) in [7, 11) is 0. The van der Waals surface area contributed by atoms with Gasteiger partial charge in [-0.3, -0.25) is 0 Å². The van der Waals surface area contributed by atoms with Crippen molar-refractivity contribution in [3.8, 4) is 11.1 Å². The molecule has 0 saturated carbocycles. The summed E-state index contributed by atoms with van der Waals surface area (Å²) in [6, 6.07) is 17.7. The summed E-state index contributed by atoms with van der Waals surface area (Å²) in [5.74, 6) is 0. The lowest BCUT2D eigenvalue weighted by Crippen LogP contribution is -2.11. The van der Waals surface area contributed by atoms with Gasteiger partial charge in [-0.15, -0.1) is 9.94 Å². The Hall–Kier alpha value is -2.75. The minimum absolute atomic E-state index is 0.478. The first kappa shape index (κ1) is 12.3. The number of nitrogens with two attached hydrogens (primary N) is 1. The molecule has 0 aliphatic carbocycles. The minimum Gasteiger partial charge on any atom is -0.398 e. The number of hydrogen-bond donors (Lipinski definition) is 1. The van der Waals surface area contributed by atoms with Gasteiger partial charge in [-0.05, 0) is 11.6 Å². The predicted octanol–water partition coefficient (Wildman–Crippen LogP) is 2.76. The van der Waals surface area contributed by atoms with Crippen LogP contribution in [-0.4, -0.2) is 9.94 Å². The van der Waals surface area contributed by atoms with Crippen LogP contribution < -0.4 is 10.6 Å². The Morgan fingerprint density at radius 2 is 1.75 bits per heavy atom. The molecule has 0 atom stereocenters. The van der Waals surface area contributed by atoms with Crippen molar-refractivity contribution in [2.75, 3.05) is 5.73 Å². The first-order chi connectivity index (χ1) is 9.83. The van der Waals surface area contributed by atoms with Crippen LogP contribution in [0.15, 0.2) is 67.0 Å². The molecule has 0 radical (unpaired) electrons. The van der Waals surface area contributed by atoms with Crippen LogP contribution in [0.2, 0.25) is 0 Å². The van der Waals surface area contributed by atoms with Crippen LogP contribution in [0, 0.1) is 0 Å². The molecule has 1 heterocycles. The summed E-state index contributed by atoms with van der Waals surface area (Å²) >= 11 is 0. The average molecular weight is 265 g/mol. The second kappa shape index (κ2) is 5.48. The highest BCUT2D eigenvalue weighted by Gasteiger charge is 2.05. The third kappa shape index (κ3) is 2.64. The molecule has 2 N–H and O–H groups in total. The summed E-state index contributed by atoms with van der Waals surface area (Å²) in [6.45, 7) is 0.478. The van der Waals surface area contributed by atoms with E-state index in [0.717, 1.165) is 22.4 Å². The Kier molecular flexibility index (Phi) is 3.37. The number of anilines is 1. The molecule has 0 spiro atoms. The average Bonchev–Trinajstić information content (AvgIpc) is 2.95. The van der Waals surface area contributed by atoms with Gasteiger partial charge < -0.3 is 10.6 Å². The second-order valence-corrected chi connectivity index (χ2v) is 4.48. The summed E-state index contributed by atoms with van der Waals surface area (Å²) in [4.78, 5) is 7.07.